The molecule has 0 bridgehead atoms. The van der Waals surface area contributed by atoms with Gasteiger partial charge in [0, 0.05) is 0 Å². The molecule has 0 aromatic heterocycles. The van der Waals surface area contributed by atoms with Gasteiger partial charge in [-0.15, -0.1) is 0 Å². The summed E-state index contributed by atoms with van der Waals surface area (Å²) in [5.41, 5.74) is 6.20. The van der Waals surface area contributed by atoms with Crippen LogP contribution in [0.15, 0.2) is 83.3 Å². The van der Waals surface area contributed by atoms with Gasteiger partial charge in [-0.25, -0.2) is 0 Å². The van der Waals surface area contributed by atoms with Crippen LogP contribution in [-0.2, 0) is 16.0 Å². The molecule has 0 saturated carbocycles. The minimum Gasteiger partial charge on any atom is -0.612 e. The van der Waals surface area contributed by atoms with Crippen LogP contribution in [-0.4, -0.2) is 16.8 Å². The third-order valence-corrected chi connectivity index (χ3v) is 6.38. The first-order chi connectivity index (χ1) is 15.5. The number of rotatable bonds is 5. The van der Waals surface area contributed by atoms with E-state index in [0.29, 0.717) is 11.3 Å². The Morgan fingerprint density at radius 1 is 1.06 bits per heavy atom. The van der Waals surface area contributed by atoms with Gasteiger partial charge in [-0.1, -0.05) is 24.3 Å². The van der Waals surface area contributed by atoms with E-state index in [9.17, 15) is 14.6 Å². The molecule has 0 aliphatic heterocycles. The van der Waals surface area contributed by atoms with Crippen molar-refractivity contribution in [2.45, 2.75) is 18.2 Å². The fraction of sp³-hybridized carbons (Fsp3) is 0.111. The Labute approximate surface area is 190 Å². The third-order valence-electron chi connectivity index (χ3n) is 5.44. The van der Waals surface area contributed by atoms with Gasteiger partial charge in [0.15, 0.2) is 4.90 Å². The van der Waals surface area contributed by atoms with E-state index in [-0.39, 0.29) is 12.4 Å². The number of carbonyl (C=O) groups is 1. The van der Waals surface area contributed by atoms with Crippen molar-refractivity contribution in [1.29, 1.82) is 5.26 Å². The highest BCUT2D eigenvalue weighted by Gasteiger charge is 2.26. The summed E-state index contributed by atoms with van der Waals surface area (Å²) in [4.78, 5) is 13.4. The van der Waals surface area contributed by atoms with Gasteiger partial charge in [-0.3, -0.25) is 4.79 Å². The zero-order valence-corrected chi connectivity index (χ0v) is 18.6. The van der Waals surface area contributed by atoms with Gasteiger partial charge in [-0.2, -0.15) is 5.26 Å². The Balaban J connectivity index is 1.70. The molecule has 3 aromatic rings. The van der Waals surface area contributed by atoms with Crippen LogP contribution in [0.1, 0.15) is 35.6 Å². The second-order valence-electron chi connectivity index (χ2n) is 7.52. The van der Waals surface area contributed by atoms with Crippen LogP contribution >= 0.6 is 0 Å². The smallest absolute Gasteiger partial charge is 0.315 e. The number of para-hydroxylation sites is 1. The third kappa shape index (κ3) is 4.52. The highest BCUT2D eigenvalue weighted by Crippen LogP contribution is 2.44. The first kappa shape index (κ1) is 21.6. The monoisotopic (exact) mass is 439 g/mol. The molecule has 0 N–H and O–H groups in total. The average molecular weight is 440 g/mol. The Morgan fingerprint density at radius 3 is 2.44 bits per heavy atom. The van der Waals surface area contributed by atoms with Crippen LogP contribution in [0.5, 0.6) is 5.75 Å². The summed E-state index contributed by atoms with van der Waals surface area (Å²) >= 11 is -1.03. The van der Waals surface area contributed by atoms with Gasteiger partial charge in [0.2, 0.25) is 0 Å². The molecule has 0 heterocycles. The number of esters is 1. The van der Waals surface area contributed by atoms with Crippen LogP contribution in [0, 0.1) is 11.3 Å². The van der Waals surface area contributed by atoms with Gasteiger partial charge in [0.1, 0.15) is 12.0 Å². The van der Waals surface area contributed by atoms with Crippen molar-refractivity contribution in [2.24, 2.45) is 0 Å². The topological polar surface area (TPSA) is 73.2 Å². The van der Waals surface area contributed by atoms with Gasteiger partial charge in [0.25, 0.3) is 0 Å². The zero-order chi connectivity index (χ0) is 22.7. The molecule has 1 aliphatic rings. The van der Waals surface area contributed by atoms with Crippen molar-refractivity contribution >= 4 is 34.4 Å². The van der Waals surface area contributed by atoms with Crippen LogP contribution in [0.4, 0.5) is 0 Å². The maximum absolute atomic E-state index is 12.7. The van der Waals surface area contributed by atoms with Crippen molar-refractivity contribution in [2.75, 3.05) is 6.26 Å². The number of fused-ring (bicyclic) bond motifs is 1. The van der Waals surface area contributed by atoms with Crippen molar-refractivity contribution in [3.05, 3.63) is 101 Å². The SMILES string of the molecule is CC1=C(CC(=O)Oc2ccccc2)c2cc(C#N)ccc2C1=Cc1ccc([S+](C)[O-])cc1. The van der Waals surface area contributed by atoms with Crippen molar-refractivity contribution in [3.63, 3.8) is 0 Å². The summed E-state index contributed by atoms with van der Waals surface area (Å²) in [6, 6.07) is 24.3. The molecule has 1 aliphatic carbocycles. The molecule has 5 heteroatoms. The van der Waals surface area contributed by atoms with Gasteiger partial charge in [-0.05, 0) is 106 Å². The zero-order valence-electron chi connectivity index (χ0n) is 17.8. The van der Waals surface area contributed by atoms with Crippen molar-refractivity contribution in [1.82, 2.24) is 0 Å². The van der Waals surface area contributed by atoms with Gasteiger partial charge in [0.05, 0.1) is 18.1 Å². The van der Waals surface area contributed by atoms with Crippen LogP contribution in [0.3, 0.4) is 0 Å². The molecule has 3 aromatic carbocycles. The first-order valence-electron chi connectivity index (χ1n) is 10.1. The van der Waals surface area contributed by atoms with Crippen molar-refractivity contribution in [3.8, 4) is 11.8 Å². The minimum absolute atomic E-state index is 0.105. The summed E-state index contributed by atoms with van der Waals surface area (Å²) in [5, 5.41) is 9.37. The van der Waals surface area contributed by atoms with E-state index in [1.165, 1.54) is 0 Å². The summed E-state index contributed by atoms with van der Waals surface area (Å²) in [5.74, 6) is 0.152. The average Bonchev–Trinajstić information content (AvgIpc) is 3.05. The first-order valence-corrected chi connectivity index (χ1v) is 11.7. The van der Waals surface area contributed by atoms with Crippen LogP contribution < -0.4 is 4.74 Å². The van der Waals surface area contributed by atoms with E-state index in [0.717, 1.165) is 38.3 Å². The summed E-state index contributed by atoms with van der Waals surface area (Å²) in [6.45, 7) is 1.98. The number of benzene rings is 3. The van der Waals surface area contributed by atoms with E-state index >= 15 is 0 Å². The lowest BCUT2D eigenvalue weighted by Crippen LogP contribution is -2.08. The fourth-order valence-electron chi connectivity index (χ4n) is 3.80. The molecule has 32 heavy (non-hydrogen) atoms. The van der Waals surface area contributed by atoms with E-state index in [4.69, 9.17) is 4.74 Å². The molecule has 1 unspecified atom stereocenters. The molecule has 0 fully saturated rings. The van der Waals surface area contributed by atoms with Crippen molar-refractivity contribution < 1.29 is 14.1 Å². The lowest BCUT2D eigenvalue weighted by atomic mass is 9.99. The molecule has 4 rings (SSSR count). The number of nitriles is 1. The predicted octanol–water partition coefficient (Wildman–Crippen LogP) is 5.62. The minimum atomic E-state index is -1.03. The Bertz CT molecular complexity index is 1270. The molecule has 0 saturated heterocycles. The predicted molar refractivity (Wildman–Crippen MR) is 127 cm³/mol. The molecular weight excluding hydrogens is 418 g/mol. The number of ether oxygens (including phenoxy) is 1. The van der Waals surface area contributed by atoms with E-state index in [1.54, 1.807) is 24.5 Å². The molecule has 158 valence electrons. The van der Waals surface area contributed by atoms with Gasteiger partial charge < -0.3 is 9.29 Å². The van der Waals surface area contributed by atoms with E-state index in [1.807, 2.05) is 61.5 Å². The lowest BCUT2D eigenvalue weighted by molar-refractivity contribution is -0.133. The number of carbonyl (C=O) groups excluding carboxylic acids is 1. The Kier molecular flexibility index (Phi) is 6.27. The summed E-state index contributed by atoms with van der Waals surface area (Å²) in [6.07, 6.45) is 3.81. The number of hydrogen-bond acceptors (Lipinski definition) is 4. The normalized spacial score (nSPS) is 14.8. The quantitative estimate of drug-likeness (QED) is 0.294. The molecule has 1 atom stereocenters. The number of nitrogens with zero attached hydrogens (tertiary/aromatic N) is 1. The van der Waals surface area contributed by atoms with E-state index in [2.05, 4.69) is 12.1 Å². The number of allylic oxidation sites excluding steroid dienone is 2. The van der Waals surface area contributed by atoms with Gasteiger partial charge >= 0.3 is 5.97 Å². The second kappa shape index (κ2) is 9.27. The lowest BCUT2D eigenvalue weighted by Gasteiger charge is -2.07. The molecule has 0 radical (unpaired) electrons. The molecular formula is C27H21NO3S. The maximum atomic E-state index is 12.7. The largest absolute Gasteiger partial charge is 0.612 e. The molecule has 4 nitrogen and oxygen atoms in total. The highest BCUT2D eigenvalue weighted by atomic mass is 32.2. The molecule has 0 amide bonds. The second-order valence-corrected chi connectivity index (χ2v) is 8.90. The fourth-order valence-corrected chi connectivity index (χ4v) is 4.32. The van der Waals surface area contributed by atoms with Crippen LogP contribution in [0.2, 0.25) is 0 Å². The molecule has 0 spiro atoms. The standard InChI is InChI=1S/C27H21NO3S/c1-18-24(14-19-8-11-22(12-9-19)32(2)30)23-13-10-20(17-28)15-26(23)25(18)16-27(29)31-21-6-4-3-5-7-21/h3-15H,16H2,1-2H3. The Hall–Kier alpha value is -3.59. The van der Waals surface area contributed by atoms with Crippen LogP contribution in [0.25, 0.3) is 17.2 Å². The Morgan fingerprint density at radius 2 is 1.78 bits per heavy atom. The summed E-state index contributed by atoms with van der Waals surface area (Å²) < 4.78 is 17.2. The highest BCUT2D eigenvalue weighted by molar-refractivity contribution is 7.90. The maximum Gasteiger partial charge on any atom is 0.315 e. The van der Waals surface area contributed by atoms with E-state index < -0.39 is 11.2 Å². The number of hydrogen-bond donors (Lipinski definition) is 0. The summed E-state index contributed by atoms with van der Waals surface area (Å²) in [7, 11) is 0.